The topological polar surface area (TPSA) is 14.1 Å². The molecule has 0 fully saturated rings. The van der Waals surface area contributed by atoms with Crippen LogP contribution in [-0.2, 0) is 0 Å². The summed E-state index contributed by atoms with van der Waals surface area (Å²) in [5, 5.41) is 4.40. The van der Waals surface area contributed by atoms with Crippen molar-refractivity contribution in [3.63, 3.8) is 0 Å². The van der Waals surface area contributed by atoms with Gasteiger partial charge in [0.25, 0.3) is 0 Å². The largest absolute Gasteiger partial charge is 0.257 e. The van der Waals surface area contributed by atoms with Crippen LogP contribution in [0.1, 0.15) is 51.4 Å². The highest BCUT2D eigenvalue weighted by molar-refractivity contribution is 5.36. The van der Waals surface area contributed by atoms with Crippen LogP contribution in [0.3, 0.4) is 0 Å². The van der Waals surface area contributed by atoms with Crippen molar-refractivity contribution in [2.24, 2.45) is 0 Å². The Kier molecular flexibility index (Phi) is 4.07. The maximum absolute atomic E-state index is 4.40. The molecule has 0 N–H and O–H groups in total. The molecule has 81 valence electrons. The lowest BCUT2D eigenvalue weighted by atomic mass is 9.98. The molecule has 15 heavy (non-hydrogen) atoms. The fourth-order valence-corrected chi connectivity index (χ4v) is 2.27. The standard InChI is InChI=1S/C14H20N/c1-2-4-6-9-13(10-7-5-3-1)14-11-8-12-15-14/h8-9,11-12H,1-7,10H2/b13-9+. The third-order valence-electron chi connectivity index (χ3n) is 3.17. The van der Waals surface area contributed by atoms with Crippen molar-refractivity contribution in [1.82, 2.24) is 5.32 Å². The van der Waals surface area contributed by atoms with E-state index in [-0.39, 0.29) is 0 Å². The molecule has 0 saturated heterocycles. The second-order valence-corrected chi connectivity index (χ2v) is 4.41. The van der Waals surface area contributed by atoms with Gasteiger partial charge in [-0.1, -0.05) is 31.8 Å². The summed E-state index contributed by atoms with van der Waals surface area (Å²) in [5.74, 6) is 0. The van der Waals surface area contributed by atoms with E-state index in [1.165, 1.54) is 62.6 Å². The zero-order chi connectivity index (χ0) is 10.3. The van der Waals surface area contributed by atoms with Crippen LogP contribution >= 0.6 is 0 Å². The predicted molar refractivity (Wildman–Crippen MR) is 64.4 cm³/mol. The summed E-state index contributed by atoms with van der Waals surface area (Å²) in [4.78, 5) is 0. The molecule has 0 amide bonds. The van der Waals surface area contributed by atoms with E-state index in [1.807, 2.05) is 12.3 Å². The first-order valence-corrected chi connectivity index (χ1v) is 6.24. The maximum Gasteiger partial charge on any atom is 0.0658 e. The van der Waals surface area contributed by atoms with Gasteiger partial charge in [0.1, 0.15) is 0 Å². The molecule has 0 aromatic rings. The second kappa shape index (κ2) is 5.79. The van der Waals surface area contributed by atoms with E-state index in [2.05, 4.69) is 17.5 Å². The van der Waals surface area contributed by atoms with Crippen LogP contribution in [0, 0.1) is 0 Å². The van der Waals surface area contributed by atoms with Gasteiger partial charge >= 0.3 is 0 Å². The van der Waals surface area contributed by atoms with E-state index < -0.39 is 0 Å². The Morgan fingerprint density at radius 2 is 1.73 bits per heavy atom. The van der Waals surface area contributed by atoms with Crippen LogP contribution in [0.15, 0.2) is 35.7 Å². The van der Waals surface area contributed by atoms with E-state index in [4.69, 9.17) is 0 Å². The Morgan fingerprint density at radius 1 is 0.933 bits per heavy atom. The Bertz CT molecular complexity index is 284. The van der Waals surface area contributed by atoms with Gasteiger partial charge in [-0.3, -0.25) is 5.32 Å². The predicted octanol–water partition coefficient (Wildman–Crippen LogP) is 4.06. The van der Waals surface area contributed by atoms with Gasteiger partial charge in [0.15, 0.2) is 0 Å². The first-order valence-electron chi connectivity index (χ1n) is 6.24. The fraction of sp³-hybridized carbons (Fsp3) is 0.571. The molecule has 1 heterocycles. The molecule has 0 spiro atoms. The summed E-state index contributed by atoms with van der Waals surface area (Å²) >= 11 is 0. The first-order chi connectivity index (χ1) is 7.47. The summed E-state index contributed by atoms with van der Waals surface area (Å²) in [5.41, 5.74) is 2.68. The molecule has 0 saturated carbocycles. The lowest BCUT2D eigenvalue weighted by molar-refractivity contribution is 0.585. The third-order valence-corrected chi connectivity index (χ3v) is 3.17. The smallest absolute Gasteiger partial charge is 0.0658 e. The highest BCUT2D eigenvalue weighted by Crippen LogP contribution is 2.22. The Hall–Kier alpha value is -0.980. The first kappa shape index (κ1) is 10.5. The molecule has 0 atom stereocenters. The lowest BCUT2D eigenvalue weighted by Gasteiger charge is -2.10. The van der Waals surface area contributed by atoms with Crippen molar-refractivity contribution < 1.29 is 0 Å². The minimum Gasteiger partial charge on any atom is -0.257 e. The molecule has 1 aliphatic carbocycles. The van der Waals surface area contributed by atoms with Crippen LogP contribution in [-0.4, -0.2) is 0 Å². The van der Waals surface area contributed by atoms with E-state index in [9.17, 15) is 0 Å². The zero-order valence-electron chi connectivity index (χ0n) is 9.41. The summed E-state index contributed by atoms with van der Waals surface area (Å²) in [6, 6.07) is 0. The van der Waals surface area contributed by atoms with Gasteiger partial charge in [-0.25, -0.2) is 0 Å². The van der Waals surface area contributed by atoms with Crippen molar-refractivity contribution in [3.8, 4) is 0 Å². The molecular formula is C14H20N. The Balaban J connectivity index is 1.96. The highest BCUT2D eigenvalue weighted by Gasteiger charge is 2.08. The third kappa shape index (κ3) is 3.26. The molecule has 0 aromatic heterocycles. The SMILES string of the molecule is C1=C[N]C(/C2=C/CCCCCCCC2)=C1. The van der Waals surface area contributed by atoms with Crippen LogP contribution in [0.25, 0.3) is 0 Å². The minimum atomic E-state index is 1.20. The van der Waals surface area contributed by atoms with Crippen molar-refractivity contribution in [3.05, 3.63) is 35.7 Å². The second-order valence-electron chi connectivity index (χ2n) is 4.41. The van der Waals surface area contributed by atoms with Gasteiger partial charge < -0.3 is 0 Å². The monoisotopic (exact) mass is 202 g/mol. The quantitative estimate of drug-likeness (QED) is 0.608. The number of rotatable bonds is 1. The van der Waals surface area contributed by atoms with Crippen molar-refractivity contribution in [2.45, 2.75) is 51.4 Å². The van der Waals surface area contributed by atoms with Gasteiger partial charge in [0.05, 0.1) is 5.70 Å². The van der Waals surface area contributed by atoms with Gasteiger partial charge in [-0.2, -0.15) is 0 Å². The van der Waals surface area contributed by atoms with E-state index in [1.54, 1.807) is 0 Å². The highest BCUT2D eigenvalue weighted by atomic mass is 14.9. The van der Waals surface area contributed by atoms with Crippen LogP contribution in [0.4, 0.5) is 0 Å². The van der Waals surface area contributed by atoms with Gasteiger partial charge in [0.2, 0.25) is 0 Å². The van der Waals surface area contributed by atoms with Crippen LogP contribution in [0.2, 0.25) is 0 Å². The average molecular weight is 202 g/mol. The van der Waals surface area contributed by atoms with E-state index in [0.29, 0.717) is 0 Å². The number of allylic oxidation sites excluding steroid dienone is 4. The summed E-state index contributed by atoms with van der Waals surface area (Å²) in [7, 11) is 0. The van der Waals surface area contributed by atoms with Crippen molar-refractivity contribution in [2.75, 3.05) is 0 Å². The fourth-order valence-electron chi connectivity index (χ4n) is 2.27. The van der Waals surface area contributed by atoms with E-state index >= 15 is 0 Å². The Labute approximate surface area is 93.0 Å². The molecule has 2 rings (SSSR count). The molecule has 0 unspecified atom stereocenters. The summed E-state index contributed by atoms with van der Waals surface area (Å²) < 4.78 is 0. The van der Waals surface area contributed by atoms with Crippen molar-refractivity contribution in [1.29, 1.82) is 0 Å². The Morgan fingerprint density at radius 3 is 2.53 bits per heavy atom. The lowest BCUT2D eigenvalue weighted by Crippen LogP contribution is -1.98. The van der Waals surface area contributed by atoms with Crippen molar-refractivity contribution >= 4 is 0 Å². The number of hydrogen-bond acceptors (Lipinski definition) is 0. The van der Waals surface area contributed by atoms with Crippen LogP contribution in [0.5, 0.6) is 0 Å². The van der Waals surface area contributed by atoms with E-state index in [0.717, 1.165) is 0 Å². The molecule has 1 radical (unpaired) electrons. The number of hydrogen-bond donors (Lipinski definition) is 0. The normalized spacial score (nSPS) is 26.4. The van der Waals surface area contributed by atoms with Gasteiger partial charge in [-0.05, 0) is 43.4 Å². The molecule has 0 aromatic carbocycles. The van der Waals surface area contributed by atoms with Gasteiger partial charge in [-0.15, -0.1) is 0 Å². The zero-order valence-corrected chi connectivity index (χ0v) is 9.41. The number of nitrogens with zero attached hydrogens (tertiary/aromatic N) is 1. The molecular weight excluding hydrogens is 182 g/mol. The maximum atomic E-state index is 4.40. The average Bonchev–Trinajstić information content (AvgIpc) is 2.79. The van der Waals surface area contributed by atoms with Crippen LogP contribution < -0.4 is 5.32 Å². The molecule has 1 aliphatic heterocycles. The summed E-state index contributed by atoms with van der Waals surface area (Å²) in [6.07, 6.45) is 19.3. The molecule has 0 bridgehead atoms. The minimum absolute atomic E-state index is 1.20. The summed E-state index contributed by atoms with van der Waals surface area (Å²) in [6.45, 7) is 0. The molecule has 1 nitrogen and oxygen atoms in total. The molecule has 1 heteroatoms. The molecule has 2 aliphatic rings. The van der Waals surface area contributed by atoms with Gasteiger partial charge in [0, 0.05) is 6.20 Å².